The molecule has 3 aromatic heterocycles. The van der Waals surface area contributed by atoms with Gasteiger partial charge in [-0.15, -0.1) is 0 Å². The highest BCUT2D eigenvalue weighted by molar-refractivity contribution is 6.11. The molecule has 2 unspecified atom stereocenters. The summed E-state index contributed by atoms with van der Waals surface area (Å²) in [7, 11) is 0. The van der Waals surface area contributed by atoms with Crippen molar-refractivity contribution in [3.63, 3.8) is 0 Å². The van der Waals surface area contributed by atoms with Gasteiger partial charge in [0, 0.05) is 55.3 Å². The number of rotatable bonds is 4. The molecule has 2 atom stereocenters. The van der Waals surface area contributed by atoms with Crippen LogP contribution < -0.4 is 4.90 Å². The van der Waals surface area contributed by atoms with E-state index in [9.17, 15) is 0 Å². The van der Waals surface area contributed by atoms with Crippen molar-refractivity contribution in [3.8, 4) is 27.9 Å². The third kappa shape index (κ3) is 4.57. The van der Waals surface area contributed by atoms with E-state index in [-0.39, 0.29) is 6.04 Å². The molecule has 0 fully saturated rings. The molecule has 0 bridgehead atoms. The fourth-order valence-corrected chi connectivity index (χ4v) is 9.85. The molecule has 272 valence electrons. The second-order valence-electron chi connectivity index (χ2n) is 15.7. The molecule has 1 aliphatic carbocycles. The van der Waals surface area contributed by atoms with Gasteiger partial charge in [-0.2, -0.15) is 0 Å². The molecule has 0 spiro atoms. The number of fused-ring (bicyclic) bond motifs is 12. The molecule has 4 heterocycles. The second-order valence-corrected chi connectivity index (χ2v) is 15.7. The fourth-order valence-electron chi connectivity index (χ4n) is 9.85. The first-order valence-corrected chi connectivity index (χ1v) is 20.0. The molecule has 0 saturated carbocycles. The summed E-state index contributed by atoms with van der Waals surface area (Å²) in [5, 5.41) is 6.96. The van der Waals surface area contributed by atoms with Crippen LogP contribution in [0.2, 0.25) is 0 Å². The molecule has 4 heteroatoms. The van der Waals surface area contributed by atoms with Crippen LogP contribution in [-0.2, 0) is 0 Å². The molecule has 0 amide bonds. The Hall–Kier alpha value is -7.56. The lowest BCUT2D eigenvalue weighted by Crippen LogP contribution is -2.28. The first-order valence-electron chi connectivity index (χ1n) is 20.0. The van der Waals surface area contributed by atoms with Gasteiger partial charge in [0.25, 0.3) is 0 Å². The minimum absolute atomic E-state index is 0.248. The van der Waals surface area contributed by atoms with Crippen molar-refractivity contribution < 1.29 is 8.83 Å². The average molecular weight is 743 g/mol. The Kier molecular flexibility index (Phi) is 6.53. The molecular weight excluding hydrogens is 709 g/mol. The highest BCUT2D eigenvalue weighted by atomic mass is 16.3. The molecule has 1 aliphatic heterocycles. The number of nitrogens with zero attached hydrogens (tertiary/aromatic N) is 2. The maximum atomic E-state index is 6.42. The molecule has 11 aromatic rings. The van der Waals surface area contributed by atoms with Crippen LogP contribution in [0.5, 0.6) is 0 Å². The summed E-state index contributed by atoms with van der Waals surface area (Å²) >= 11 is 0. The van der Waals surface area contributed by atoms with Gasteiger partial charge in [0.15, 0.2) is 0 Å². The van der Waals surface area contributed by atoms with Crippen LogP contribution in [0.4, 0.5) is 11.4 Å². The number of para-hydroxylation sites is 3. The van der Waals surface area contributed by atoms with Crippen LogP contribution in [0, 0.1) is 0 Å². The predicted molar refractivity (Wildman–Crippen MR) is 240 cm³/mol. The van der Waals surface area contributed by atoms with Gasteiger partial charge in [-0.25, -0.2) is 0 Å². The normalized spacial score (nSPS) is 16.1. The summed E-state index contributed by atoms with van der Waals surface area (Å²) in [4.78, 5) is 2.48. The third-order valence-electron chi connectivity index (χ3n) is 12.5. The molecule has 13 rings (SSSR count). The SMILES string of the molecule is C1=CC2c3ccccc3N(c3ccc4oc5ccc(-c6cccc(-c7ccc8oc9ccc(-n%10c%11ccccc%11c%11ccccc%11%10)cc9c8c7)c6)cc5c4c3)C2C=C1. The van der Waals surface area contributed by atoms with E-state index in [0.717, 1.165) is 71.8 Å². The van der Waals surface area contributed by atoms with Crippen LogP contribution in [0.25, 0.3) is 93.6 Å². The van der Waals surface area contributed by atoms with Gasteiger partial charge < -0.3 is 18.3 Å². The molecule has 0 radical (unpaired) electrons. The maximum absolute atomic E-state index is 6.42. The van der Waals surface area contributed by atoms with Crippen LogP contribution >= 0.6 is 0 Å². The highest BCUT2D eigenvalue weighted by Crippen LogP contribution is 2.48. The summed E-state index contributed by atoms with van der Waals surface area (Å²) in [6, 6.07) is 61.5. The zero-order chi connectivity index (χ0) is 37.9. The minimum atomic E-state index is 0.248. The number of anilines is 2. The van der Waals surface area contributed by atoms with Gasteiger partial charge in [0.1, 0.15) is 22.3 Å². The Morgan fingerprint density at radius 1 is 0.379 bits per heavy atom. The van der Waals surface area contributed by atoms with E-state index in [1.54, 1.807) is 0 Å². The van der Waals surface area contributed by atoms with Gasteiger partial charge in [0.05, 0.1) is 17.1 Å². The van der Waals surface area contributed by atoms with Crippen molar-refractivity contribution in [1.82, 2.24) is 4.57 Å². The number of aromatic nitrogens is 1. The minimum Gasteiger partial charge on any atom is -0.456 e. The summed E-state index contributed by atoms with van der Waals surface area (Å²) in [5.41, 5.74) is 15.5. The Morgan fingerprint density at radius 2 is 0.897 bits per heavy atom. The van der Waals surface area contributed by atoms with Gasteiger partial charge in [0.2, 0.25) is 0 Å². The number of benzene rings is 8. The lowest BCUT2D eigenvalue weighted by atomic mass is 9.91. The van der Waals surface area contributed by atoms with Crippen LogP contribution in [0.15, 0.2) is 203 Å². The molecular formula is C54H34N2O2. The van der Waals surface area contributed by atoms with Crippen molar-refractivity contribution >= 4 is 77.1 Å². The molecule has 0 N–H and O–H groups in total. The standard InChI is InChI=1S/C54H34N2O2/c1-5-16-47-39(12-1)40-13-2-6-17-48(40)55(47)37-22-26-53-45(31-37)43-29-35(20-24-51(43)57-53)33-10-9-11-34(28-33)36-21-25-52-44(30-36)46-32-38(23-27-54(46)58-52)56-49-18-7-3-14-41(49)42-15-4-8-19-50(42)56/h1-32,39,47H. The lowest BCUT2D eigenvalue weighted by Gasteiger charge is -2.28. The Labute approximate surface area is 333 Å². The van der Waals surface area contributed by atoms with E-state index in [1.165, 1.54) is 38.7 Å². The van der Waals surface area contributed by atoms with Crippen molar-refractivity contribution in [3.05, 3.63) is 200 Å². The monoisotopic (exact) mass is 742 g/mol. The van der Waals surface area contributed by atoms with E-state index in [4.69, 9.17) is 8.83 Å². The topological polar surface area (TPSA) is 34.5 Å². The van der Waals surface area contributed by atoms with E-state index in [2.05, 4.69) is 204 Å². The molecule has 8 aromatic carbocycles. The molecule has 58 heavy (non-hydrogen) atoms. The number of allylic oxidation sites excluding steroid dienone is 2. The summed E-state index contributed by atoms with van der Waals surface area (Å²) < 4.78 is 15.2. The van der Waals surface area contributed by atoms with Gasteiger partial charge >= 0.3 is 0 Å². The maximum Gasteiger partial charge on any atom is 0.135 e. The van der Waals surface area contributed by atoms with Crippen LogP contribution in [-0.4, -0.2) is 10.6 Å². The van der Waals surface area contributed by atoms with E-state index in [0.29, 0.717) is 5.92 Å². The Balaban J connectivity index is 0.889. The first-order chi connectivity index (χ1) is 28.7. The molecule has 2 aliphatic rings. The van der Waals surface area contributed by atoms with Gasteiger partial charge in [-0.1, -0.05) is 109 Å². The van der Waals surface area contributed by atoms with E-state index >= 15 is 0 Å². The highest BCUT2D eigenvalue weighted by Gasteiger charge is 2.37. The third-order valence-corrected chi connectivity index (χ3v) is 12.5. The zero-order valence-electron chi connectivity index (χ0n) is 31.3. The van der Waals surface area contributed by atoms with Crippen LogP contribution in [0.3, 0.4) is 0 Å². The van der Waals surface area contributed by atoms with Gasteiger partial charge in [-0.05, 0) is 113 Å². The first kappa shape index (κ1) is 31.6. The Morgan fingerprint density at radius 3 is 1.57 bits per heavy atom. The van der Waals surface area contributed by atoms with Crippen molar-refractivity contribution in [2.45, 2.75) is 12.0 Å². The molecule has 4 nitrogen and oxygen atoms in total. The number of hydrogen-bond acceptors (Lipinski definition) is 3. The van der Waals surface area contributed by atoms with Crippen molar-refractivity contribution in [2.24, 2.45) is 0 Å². The summed E-state index contributed by atoms with van der Waals surface area (Å²) in [5.74, 6) is 0.341. The smallest absolute Gasteiger partial charge is 0.135 e. The van der Waals surface area contributed by atoms with E-state index in [1.807, 2.05) is 0 Å². The lowest BCUT2D eigenvalue weighted by molar-refractivity contribution is 0.668. The van der Waals surface area contributed by atoms with Crippen molar-refractivity contribution in [1.29, 1.82) is 0 Å². The fraction of sp³-hybridized carbons (Fsp3) is 0.0370. The quantitative estimate of drug-likeness (QED) is 0.180. The van der Waals surface area contributed by atoms with Crippen LogP contribution in [0.1, 0.15) is 11.5 Å². The largest absolute Gasteiger partial charge is 0.456 e. The van der Waals surface area contributed by atoms with Crippen molar-refractivity contribution in [2.75, 3.05) is 4.90 Å². The number of furan rings is 2. The summed E-state index contributed by atoms with van der Waals surface area (Å²) in [6.07, 6.45) is 9.00. The second kappa shape index (κ2) is 12.0. The predicted octanol–water partition coefficient (Wildman–Crippen LogP) is 14.6. The average Bonchev–Trinajstić information content (AvgIpc) is 4.03. The molecule has 0 saturated heterocycles. The Bertz CT molecular complexity index is 3500. The van der Waals surface area contributed by atoms with E-state index < -0.39 is 0 Å². The number of hydrogen-bond donors (Lipinski definition) is 0. The zero-order valence-corrected chi connectivity index (χ0v) is 31.3. The van der Waals surface area contributed by atoms with Gasteiger partial charge in [-0.3, -0.25) is 0 Å². The summed E-state index contributed by atoms with van der Waals surface area (Å²) in [6.45, 7) is 0.